The molecule has 0 saturated carbocycles. The van der Waals surface area contributed by atoms with Gasteiger partial charge in [0.2, 0.25) is 0 Å². The second kappa shape index (κ2) is 5.10. The first-order chi connectivity index (χ1) is 9.96. The lowest BCUT2D eigenvalue weighted by atomic mass is 9.98. The molecule has 0 radical (unpaired) electrons. The summed E-state index contributed by atoms with van der Waals surface area (Å²) in [4.78, 5) is 11.1. The van der Waals surface area contributed by atoms with E-state index in [1.54, 1.807) is 16.7 Å². The minimum atomic E-state index is -2.88. The Morgan fingerprint density at radius 3 is 2.71 bits per heavy atom. The minimum Gasteiger partial charge on any atom is -0.478 e. The van der Waals surface area contributed by atoms with Crippen molar-refractivity contribution in [3.05, 3.63) is 29.7 Å². The standard InChI is InChI=1S/C13H15N3O4S/c17-13(18)10-2-1-5-16-11(14-15-12(10)16)8-9-3-6-21(19,20)7-4-9/h1-2,5,9H,3-4,6-8H2,(H,17,18). The van der Waals surface area contributed by atoms with Crippen molar-refractivity contribution in [1.29, 1.82) is 0 Å². The molecule has 0 bridgehead atoms. The predicted octanol–water partition coefficient (Wildman–Crippen LogP) is 0.795. The summed E-state index contributed by atoms with van der Waals surface area (Å²) in [5.74, 6) is 0.318. The van der Waals surface area contributed by atoms with E-state index in [1.165, 1.54) is 6.07 Å². The molecule has 2 aromatic heterocycles. The number of nitrogens with zero attached hydrogens (tertiary/aromatic N) is 3. The molecule has 21 heavy (non-hydrogen) atoms. The highest BCUT2D eigenvalue weighted by atomic mass is 32.2. The second-order valence-electron chi connectivity index (χ2n) is 5.34. The molecule has 3 heterocycles. The van der Waals surface area contributed by atoms with Gasteiger partial charge >= 0.3 is 5.97 Å². The van der Waals surface area contributed by atoms with Gasteiger partial charge in [-0.05, 0) is 30.9 Å². The molecule has 1 N–H and O–H groups in total. The van der Waals surface area contributed by atoms with Crippen LogP contribution in [0, 0.1) is 5.92 Å². The molecule has 112 valence electrons. The summed E-state index contributed by atoms with van der Waals surface area (Å²) in [6.45, 7) is 0. The van der Waals surface area contributed by atoms with E-state index >= 15 is 0 Å². The summed E-state index contributed by atoms with van der Waals surface area (Å²) >= 11 is 0. The molecule has 3 rings (SSSR count). The van der Waals surface area contributed by atoms with Gasteiger partial charge in [0.25, 0.3) is 0 Å². The highest BCUT2D eigenvalue weighted by molar-refractivity contribution is 7.91. The first kappa shape index (κ1) is 14.0. The Bertz CT molecular complexity index is 783. The monoisotopic (exact) mass is 309 g/mol. The van der Waals surface area contributed by atoms with Crippen LogP contribution < -0.4 is 0 Å². The lowest BCUT2D eigenvalue weighted by Crippen LogP contribution is -2.25. The largest absolute Gasteiger partial charge is 0.478 e. The number of carboxylic acids is 1. The average molecular weight is 309 g/mol. The molecule has 0 unspecified atom stereocenters. The average Bonchev–Trinajstić information content (AvgIpc) is 2.84. The quantitative estimate of drug-likeness (QED) is 0.899. The molecule has 1 fully saturated rings. The van der Waals surface area contributed by atoms with Crippen molar-refractivity contribution in [2.45, 2.75) is 19.3 Å². The van der Waals surface area contributed by atoms with Gasteiger partial charge in [-0.2, -0.15) is 0 Å². The maximum atomic E-state index is 11.4. The van der Waals surface area contributed by atoms with Gasteiger partial charge < -0.3 is 5.11 Å². The van der Waals surface area contributed by atoms with Gasteiger partial charge in [-0.1, -0.05) is 0 Å². The van der Waals surface area contributed by atoms with Crippen molar-refractivity contribution in [2.24, 2.45) is 5.92 Å². The molecule has 0 aliphatic carbocycles. The number of sulfone groups is 1. The third-order valence-electron chi connectivity index (χ3n) is 3.88. The number of fused-ring (bicyclic) bond motifs is 1. The van der Waals surface area contributed by atoms with E-state index in [0.717, 1.165) is 0 Å². The van der Waals surface area contributed by atoms with Crippen molar-refractivity contribution in [3.8, 4) is 0 Å². The number of rotatable bonds is 3. The topological polar surface area (TPSA) is 102 Å². The van der Waals surface area contributed by atoms with Gasteiger partial charge in [0, 0.05) is 12.6 Å². The highest BCUT2D eigenvalue weighted by Gasteiger charge is 2.25. The zero-order valence-electron chi connectivity index (χ0n) is 11.3. The van der Waals surface area contributed by atoms with Crippen molar-refractivity contribution < 1.29 is 18.3 Å². The second-order valence-corrected chi connectivity index (χ2v) is 7.64. The molecular weight excluding hydrogens is 294 g/mol. The van der Waals surface area contributed by atoms with E-state index < -0.39 is 15.8 Å². The van der Waals surface area contributed by atoms with Gasteiger partial charge in [0.1, 0.15) is 21.2 Å². The van der Waals surface area contributed by atoms with Crippen molar-refractivity contribution in [2.75, 3.05) is 11.5 Å². The van der Waals surface area contributed by atoms with E-state index in [0.29, 0.717) is 30.7 Å². The number of pyridine rings is 1. The molecule has 0 spiro atoms. The third kappa shape index (κ3) is 2.76. The van der Waals surface area contributed by atoms with E-state index in [1.807, 2.05) is 0 Å². The summed E-state index contributed by atoms with van der Waals surface area (Å²) in [7, 11) is -2.88. The summed E-state index contributed by atoms with van der Waals surface area (Å²) in [6, 6.07) is 3.14. The first-order valence-electron chi connectivity index (χ1n) is 6.72. The Hall–Kier alpha value is -1.96. The number of carbonyl (C=O) groups is 1. The summed E-state index contributed by atoms with van der Waals surface area (Å²) in [5.41, 5.74) is 0.436. The third-order valence-corrected chi connectivity index (χ3v) is 5.60. The van der Waals surface area contributed by atoms with Crippen LogP contribution in [-0.4, -0.2) is 45.6 Å². The van der Waals surface area contributed by atoms with E-state index in [-0.39, 0.29) is 23.0 Å². The van der Waals surface area contributed by atoms with Gasteiger partial charge in [-0.25, -0.2) is 13.2 Å². The molecule has 0 atom stereocenters. The van der Waals surface area contributed by atoms with Crippen LogP contribution in [0.2, 0.25) is 0 Å². The number of carboxylic acid groups (broad SMARTS) is 1. The van der Waals surface area contributed by atoms with Gasteiger partial charge in [0.05, 0.1) is 11.5 Å². The molecule has 2 aromatic rings. The number of aromatic carboxylic acids is 1. The number of hydrogen-bond donors (Lipinski definition) is 1. The molecular formula is C13H15N3O4S. The zero-order valence-corrected chi connectivity index (χ0v) is 12.1. The van der Waals surface area contributed by atoms with Crippen LogP contribution in [-0.2, 0) is 16.3 Å². The first-order valence-corrected chi connectivity index (χ1v) is 8.55. The van der Waals surface area contributed by atoms with Crippen LogP contribution in [0.4, 0.5) is 0 Å². The zero-order chi connectivity index (χ0) is 15.0. The smallest absolute Gasteiger partial charge is 0.339 e. The Labute approximate surface area is 121 Å². The van der Waals surface area contributed by atoms with Crippen molar-refractivity contribution in [3.63, 3.8) is 0 Å². The summed E-state index contributed by atoms with van der Waals surface area (Å²) < 4.78 is 24.5. The molecule has 1 aliphatic heterocycles. The van der Waals surface area contributed by atoms with Gasteiger partial charge in [0.15, 0.2) is 5.65 Å². The predicted molar refractivity (Wildman–Crippen MR) is 75.0 cm³/mol. The Morgan fingerprint density at radius 1 is 1.33 bits per heavy atom. The van der Waals surface area contributed by atoms with Crippen LogP contribution >= 0.6 is 0 Å². The number of aromatic nitrogens is 3. The Balaban J connectivity index is 1.86. The van der Waals surface area contributed by atoms with Gasteiger partial charge in [-0.3, -0.25) is 4.40 Å². The molecule has 7 nitrogen and oxygen atoms in total. The Morgan fingerprint density at radius 2 is 2.05 bits per heavy atom. The number of hydrogen-bond acceptors (Lipinski definition) is 5. The van der Waals surface area contributed by atoms with Gasteiger partial charge in [-0.15, -0.1) is 10.2 Å². The molecule has 8 heteroatoms. The maximum Gasteiger partial charge on any atom is 0.339 e. The van der Waals surface area contributed by atoms with Crippen molar-refractivity contribution >= 4 is 21.5 Å². The van der Waals surface area contributed by atoms with Crippen LogP contribution in [0.25, 0.3) is 5.65 Å². The Kier molecular flexibility index (Phi) is 3.40. The molecule has 1 saturated heterocycles. The minimum absolute atomic E-state index is 0.113. The summed E-state index contributed by atoms with van der Waals surface area (Å²) in [5, 5.41) is 17.1. The van der Waals surface area contributed by atoms with E-state index in [2.05, 4.69) is 10.2 Å². The van der Waals surface area contributed by atoms with Crippen LogP contribution in [0.1, 0.15) is 29.0 Å². The van der Waals surface area contributed by atoms with Crippen LogP contribution in [0.5, 0.6) is 0 Å². The van der Waals surface area contributed by atoms with Crippen molar-refractivity contribution in [1.82, 2.24) is 14.6 Å². The van der Waals surface area contributed by atoms with E-state index in [4.69, 9.17) is 5.11 Å². The normalized spacial score (nSPS) is 18.9. The molecule has 0 amide bonds. The highest BCUT2D eigenvalue weighted by Crippen LogP contribution is 2.23. The summed E-state index contributed by atoms with van der Waals surface area (Å²) in [6.07, 6.45) is 3.59. The fraction of sp³-hybridized carbons (Fsp3) is 0.462. The fourth-order valence-electron chi connectivity index (χ4n) is 2.67. The van der Waals surface area contributed by atoms with Crippen LogP contribution in [0.15, 0.2) is 18.3 Å². The van der Waals surface area contributed by atoms with E-state index in [9.17, 15) is 13.2 Å². The fourth-order valence-corrected chi connectivity index (χ4v) is 4.26. The lowest BCUT2D eigenvalue weighted by molar-refractivity contribution is 0.0698. The SMILES string of the molecule is O=C(O)c1cccn2c(CC3CCS(=O)(=O)CC3)nnc12. The molecule has 1 aliphatic rings. The lowest BCUT2D eigenvalue weighted by Gasteiger charge is -2.20. The maximum absolute atomic E-state index is 11.4. The van der Waals surface area contributed by atoms with Crippen LogP contribution in [0.3, 0.4) is 0 Å². The molecule has 0 aromatic carbocycles.